The highest BCUT2D eigenvalue weighted by atomic mass is 16.7. The summed E-state index contributed by atoms with van der Waals surface area (Å²) in [7, 11) is 0. The average molecular weight is 611 g/mol. The molecule has 2 aliphatic heterocycles. The van der Waals surface area contributed by atoms with E-state index in [9.17, 15) is 55.9 Å². The number of ether oxygens (including phenoxy) is 4. The first-order chi connectivity index (χ1) is 20.4. The summed E-state index contributed by atoms with van der Waals surface area (Å²) in [4.78, 5) is 12.7. The molecule has 2 fully saturated rings. The number of rotatable bonds is 7. The lowest BCUT2D eigenvalue weighted by Crippen LogP contribution is -2.62. The minimum Gasteiger partial charge on any atom is -0.508 e. The summed E-state index contributed by atoms with van der Waals surface area (Å²) in [5.41, 5.74) is -0.798. The van der Waals surface area contributed by atoms with Gasteiger partial charge in [-0.15, -0.1) is 0 Å². The lowest BCUT2D eigenvalue weighted by Gasteiger charge is -2.42. The fourth-order valence-corrected chi connectivity index (χ4v) is 4.87. The molecule has 2 saturated heterocycles. The smallest absolute Gasteiger partial charge is 0.229 e. The molecular formula is C27H30O16. The highest BCUT2D eigenvalue weighted by Gasteiger charge is 2.48. The number of benzene rings is 2. The maximum absolute atomic E-state index is 12.7. The standard InChI is InChI=1S/C27H30O16/c28-7-17-20(33)22(35)24(37)26(42-17)39-8-18-21(34)23(36)25(38)27(43-18)41-14-4-9(29)1-2-11(14)15-6-13(32)19-12(31)3-10(30)5-16(19)40-15/h1-6,17-18,20-31,33-38H,7-8H2. The summed E-state index contributed by atoms with van der Waals surface area (Å²) in [6, 6.07) is 6.72. The van der Waals surface area contributed by atoms with Crippen LogP contribution in [0.5, 0.6) is 23.0 Å². The number of aromatic hydroxyl groups is 3. The lowest BCUT2D eigenvalue weighted by atomic mass is 9.98. The molecular weight excluding hydrogens is 580 g/mol. The van der Waals surface area contributed by atoms with E-state index in [1.807, 2.05) is 0 Å². The van der Waals surface area contributed by atoms with E-state index in [1.165, 1.54) is 12.1 Å². The third-order valence-electron chi connectivity index (χ3n) is 7.21. The highest BCUT2D eigenvalue weighted by molar-refractivity contribution is 5.86. The molecule has 3 aromatic rings. The molecule has 5 rings (SSSR count). The van der Waals surface area contributed by atoms with Crippen LogP contribution < -0.4 is 10.2 Å². The Balaban J connectivity index is 1.39. The van der Waals surface area contributed by atoms with Gasteiger partial charge in [0.2, 0.25) is 6.29 Å². The molecule has 0 saturated carbocycles. The zero-order valence-electron chi connectivity index (χ0n) is 22.1. The van der Waals surface area contributed by atoms with Crippen LogP contribution in [-0.4, -0.2) is 126 Å². The van der Waals surface area contributed by atoms with Gasteiger partial charge in [-0.05, 0) is 12.1 Å². The summed E-state index contributed by atoms with van der Waals surface area (Å²) >= 11 is 0. The maximum Gasteiger partial charge on any atom is 0.229 e. The van der Waals surface area contributed by atoms with Crippen molar-refractivity contribution in [2.75, 3.05) is 13.2 Å². The summed E-state index contributed by atoms with van der Waals surface area (Å²) in [5, 5.41) is 101. The van der Waals surface area contributed by atoms with E-state index in [-0.39, 0.29) is 39.5 Å². The second-order valence-corrected chi connectivity index (χ2v) is 10.2. The third kappa shape index (κ3) is 5.98. The van der Waals surface area contributed by atoms with Crippen molar-refractivity contribution < 1.29 is 74.4 Å². The van der Waals surface area contributed by atoms with E-state index in [1.54, 1.807) is 0 Å². The molecule has 0 bridgehead atoms. The van der Waals surface area contributed by atoms with Gasteiger partial charge in [0, 0.05) is 24.3 Å². The molecule has 2 aliphatic rings. The molecule has 1 aromatic heterocycles. The van der Waals surface area contributed by atoms with E-state index in [2.05, 4.69) is 0 Å². The van der Waals surface area contributed by atoms with Crippen LogP contribution in [0.15, 0.2) is 45.6 Å². The van der Waals surface area contributed by atoms with Crippen molar-refractivity contribution in [1.29, 1.82) is 0 Å². The van der Waals surface area contributed by atoms with Crippen LogP contribution in [0.3, 0.4) is 0 Å². The van der Waals surface area contributed by atoms with E-state index in [0.29, 0.717) is 0 Å². The van der Waals surface area contributed by atoms with Gasteiger partial charge in [-0.1, -0.05) is 0 Å². The Bertz CT molecular complexity index is 1510. The van der Waals surface area contributed by atoms with E-state index >= 15 is 0 Å². The Morgan fingerprint density at radius 1 is 0.721 bits per heavy atom. The van der Waals surface area contributed by atoms with Gasteiger partial charge in [0.15, 0.2) is 11.7 Å². The number of hydrogen-bond acceptors (Lipinski definition) is 16. The SMILES string of the molecule is O=c1cc(-c2ccc(O)cc2OC2OC(COC3OC(CO)C(O)C(O)C3O)C(O)C(O)C2O)oc2cc(O)cc(O)c12. The highest BCUT2D eigenvalue weighted by Crippen LogP contribution is 2.37. The van der Waals surface area contributed by atoms with Crippen LogP contribution in [0.2, 0.25) is 0 Å². The topological polar surface area (TPSA) is 269 Å². The summed E-state index contributed by atoms with van der Waals surface area (Å²) in [6.07, 6.45) is -16.6. The Labute approximate surface area is 241 Å². The largest absolute Gasteiger partial charge is 0.508 e. The monoisotopic (exact) mass is 610 g/mol. The molecule has 0 amide bonds. The van der Waals surface area contributed by atoms with Crippen molar-refractivity contribution in [1.82, 2.24) is 0 Å². The first kappa shape index (κ1) is 30.9. The fraction of sp³-hybridized carbons (Fsp3) is 0.444. The molecule has 3 heterocycles. The minimum absolute atomic E-state index is 0.0464. The van der Waals surface area contributed by atoms with Crippen molar-refractivity contribution in [3.63, 3.8) is 0 Å². The second kappa shape index (κ2) is 12.2. The van der Waals surface area contributed by atoms with Gasteiger partial charge in [-0.2, -0.15) is 0 Å². The second-order valence-electron chi connectivity index (χ2n) is 10.2. The van der Waals surface area contributed by atoms with Crippen molar-refractivity contribution >= 4 is 11.0 Å². The molecule has 234 valence electrons. The van der Waals surface area contributed by atoms with Gasteiger partial charge in [-0.3, -0.25) is 4.79 Å². The quantitative estimate of drug-likeness (QED) is 0.133. The summed E-state index contributed by atoms with van der Waals surface area (Å²) in [5.74, 6) is -1.55. The third-order valence-corrected chi connectivity index (χ3v) is 7.21. The Kier molecular flexibility index (Phi) is 8.77. The van der Waals surface area contributed by atoms with Crippen molar-refractivity contribution in [3.8, 4) is 34.3 Å². The summed E-state index contributed by atoms with van der Waals surface area (Å²) in [6.45, 7) is -1.31. The predicted molar refractivity (Wildman–Crippen MR) is 140 cm³/mol. The number of phenols is 3. The van der Waals surface area contributed by atoms with Crippen molar-refractivity contribution in [2.24, 2.45) is 0 Å². The van der Waals surface area contributed by atoms with Gasteiger partial charge in [0.05, 0.1) is 18.8 Å². The van der Waals surface area contributed by atoms with Crippen LogP contribution in [0.25, 0.3) is 22.3 Å². The number of phenolic OH excluding ortho intramolecular Hbond substituents is 3. The zero-order valence-corrected chi connectivity index (χ0v) is 22.1. The summed E-state index contributed by atoms with van der Waals surface area (Å²) < 4.78 is 27.7. The lowest BCUT2D eigenvalue weighted by molar-refractivity contribution is -0.323. The first-order valence-corrected chi connectivity index (χ1v) is 13.0. The van der Waals surface area contributed by atoms with E-state index in [0.717, 1.165) is 24.3 Å². The van der Waals surface area contributed by atoms with Gasteiger partial charge in [0.1, 0.15) is 88.6 Å². The van der Waals surface area contributed by atoms with Crippen molar-refractivity contribution in [3.05, 3.63) is 46.6 Å². The Morgan fingerprint density at radius 3 is 2.07 bits per heavy atom. The van der Waals surface area contributed by atoms with Gasteiger partial charge < -0.3 is 74.4 Å². The average Bonchev–Trinajstić information content (AvgIpc) is 2.96. The van der Waals surface area contributed by atoms with Crippen LogP contribution >= 0.6 is 0 Å². The van der Waals surface area contributed by atoms with E-state index in [4.69, 9.17) is 23.4 Å². The Hall–Kier alpha value is -3.55. The van der Waals surface area contributed by atoms with Crippen molar-refractivity contribution in [2.45, 2.75) is 61.4 Å². The van der Waals surface area contributed by atoms with E-state index < -0.39 is 85.8 Å². The molecule has 0 aliphatic carbocycles. The molecule has 10 atom stereocenters. The molecule has 16 nitrogen and oxygen atoms in total. The predicted octanol–water partition coefficient (Wildman–Crippen LogP) is -2.42. The molecule has 10 N–H and O–H groups in total. The Morgan fingerprint density at radius 2 is 1.37 bits per heavy atom. The number of aliphatic hydroxyl groups excluding tert-OH is 7. The van der Waals surface area contributed by atoms with Gasteiger partial charge in [-0.25, -0.2) is 0 Å². The van der Waals surface area contributed by atoms with Crippen LogP contribution in [0, 0.1) is 0 Å². The zero-order chi connectivity index (χ0) is 31.2. The minimum atomic E-state index is -1.86. The number of hydrogen-bond donors (Lipinski definition) is 10. The molecule has 0 radical (unpaired) electrons. The van der Waals surface area contributed by atoms with Crippen LogP contribution in [0.1, 0.15) is 0 Å². The normalized spacial score (nSPS) is 33.0. The molecule has 10 unspecified atom stereocenters. The molecule has 16 heteroatoms. The molecule has 2 aromatic carbocycles. The van der Waals surface area contributed by atoms with Crippen LogP contribution in [0.4, 0.5) is 0 Å². The maximum atomic E-state index is 12.7. The van der Waals surface area contributed by atoms with Crippen LogP contribution in [-0.2, 0) is 14.2 Å². The number of fused-ring (bicyclic) bond motifs is 1. The fourth-order valence-electron chi connectivity index (χ4n) is 4.87. The van der Waals surface area contributed by atoms with Gasteiger partial charge >= 0.3 is 0 Å². The number of aliphatic hydroxyl groups is 7. The molecule has 43 heavy (non-hydrogen) atoms. The van der Waals surface area contributed by atoms with Gasteiger partial charge in [0.25, 0.3) is 0 Å². The molecule has 0 spiro atoms. The first-order valence-electron chi connectivity index (χ1n) is 13.0.